The van der Waals surface area contributed by atoms with Crippen molar-refractivity contribution in [1.82, 2.24) is 4.31 Å². The van der Waals surface area contributed by atoms with Crippen molar-refractivity contribution in [1.29, 1.82) is 0 Å². The molecule has 0 amide bonds. The zero-order chi connectivity index (χ0) is 16.0. The van der Waals surface area contributed by atoms with E-state index in [0.29, 0.717) is 13.1 Å². The monoisotopic (exact) mass is 315 g/mol. The summed E-state index contributed by atoms with van der Waals surface area (Å²) in [6.45, 7) is 3.98. The van der Waals surface area contributed by atoms with Gasteiger partial charge in [0.25, 0.3) is 0 Å². The summed E-state index contributed by atoms with van der Waals surface area (Å²) in [6, 6.07) is 3.76. The van der Waals surface area contributed by atoms with Crippen LogP contribution >= 0.6 is 0 Å². The minimum Gasteiger partial charge on any atom is -0.545 e. The number of nitrogens with one attached hydrogen (secondary N) is 1. The fourth-order valence-electron chi connectivity index (χ4n) is 1.91. The zero-order valence-electron chi connectivity index (χ0n) is 12.0. The maximum atomic E-state index is 12.3. The van der Waals surface area contributed by atoms with Crippen LogP contribution in [0.1, 0.15) is 24.2 Å². The number of sulfonamides is 1. The Morgan fingerprint density at radius 2 is 1.95 bits per heavy atom. The van der Waals surface area contributed by atoms with E-state index >= 15 is 0 Å². The fraction of sp³-hybridized carbons (Fsp3) is 0.462. The Kier molecular flexibility index (Phi) is 6.13. The number of carbonyl (C=O) groups is 1. The van der Waals surface area contributed by atoms with Crippen molar-refractivity contribution in [2.45, 2.75) is 18.7 Å². The number of aromatic carboxylic acids is 1. The van der Waals surface area contributed by atoms with Crippen molar-refractivity contribution in [3.05, 3.63) is 23.8 Å². The van der Waals surface area contributed by atoms with Crippen LogP contribution in [0.2, 0.25) is 0 Å². The van der Waals surface area contributed by atoms with Crippen molar-refractivity contribution < 1.29 is 23.4 Å². The normalized spacial score (nSPS) is 11.6. The summed E-state index contributed by atoms with van der Waals surface area (Å²) >= 11 is 0. The van der Waals surface area contributed by atoms with Crippen molar-refractivity contribution in [3.8, 4) is 0 Å². The third-order valence-corrected chi connectivity index (χ3v) is 5.03. The summed E-state index contributed by atoms with van der Waals surface area (Å²) in [7, 11) is -3.73. The molecule has 1 aromatic carbocycles. The molecule has 7 nitrogen and oxygen atoms in total. The lowest BCUT2D eigenvalue weighted by Crippen LogP contribution is -2.31. The highest BCUT2D eigenvalue weighted by molar-refractivity contribution is 7.89. The van der Waals surface area contributed by atoms with Crippen LogP contribution in [0.5, 0.6) is 0 Å². The predicted octanol–water partition coefficient (Wildman–Crippen LogP) is -0.515. The zero-order valence-corrected chi connectivity index (χ0v) is 12.8. The van der Waals surface area contributed by atoms with Crippen molar-refractivity contribution in [2.75, 3.05) is 31.6 Å². The first-order chi connectivity index (χ1) is 9.88. The highest BCUT2D eigenvalue weighted by atomic mass is 32.2. The molecule has 0 aliphatic rings. The Morgan fingerprint density at radius 3 is 2.43 bits per heavy atom. The first-order valence-corrected chi connectivity index (χ1v) is 8.02. The predicted molar refractivity (Wildman–Crippen MR) is 76.5 cm³/mol. The van der Waals surface area contributed by atoms with Gasteiger partial charge in [-0.3, -0.25) is 0 Å². The van der Waals surface area contributed by atoms with E-state index < -0.39 is 16.0 Å². The molecule has 0 fully saturated rings. The maximum absolute atomic E-state index is 12.3. The Labute approximate surface area is 124 Å². The summed E-state index contributed by atoms with van der Waals surface area (Å²) < 4.78 is 25.9. The molecule has 0 saturated carbocycles. The summed E-state index contributed by atoms with van der Waals surface area (Å²) in [5, 5.41) is 22.6. The highest BCUT2D eigenvalue weighted by Crippen LogP contribution is 2.22. The molecule has 8 heteroatoms. The number of hydrogen-bond acceptors (Lipinski definition) is 6. The van der Waals surface area contributed by atoms with Gasteiger partial charge in [-0.1, -0.05) is 13.8 Å². The first-order valence-electron chi connectivity index (χ1n) is 6.58. The number of carboxylic acid groups (broad SMARTS) is 1. The maximum Gasteiger partial charge on any atom is 0.243 e. The fourth-order valence-corrected chi connectivity index (χ4v) is 3.39. The number of carboxylic acids is 1. The van der Waals surface area contributed by atoms with E-state index in [1.807, 2.05) is 0 Å². The molecule has 21 heavy (non-hydrogen) atoms. The molecular formula is C13H19N2O5S-. The number of anilines is 1. The summed E-state index contributed by atoms with van der Waals surface area (Å²) in [5.41, 5.74) is -0.0424. The molecule has 2 N–H and O–H groups in total. The average Bonchev–Trinajstić information content (AvgIpc) is 2.45. The van der Waals surface area contributed by atoms with E-state index in [-0.39, 0.29) is 29.3 Å². The molecule has 0 aliphatic heterocycles. The SMILES string of the molecule is CCN(CC)S(=O)(=O)c1ccc(NCCO)c(C(=O)[O-])c1. The lowest BCUT2D eigenvalue weighted by Gasteiger charge is -2.20. The summed E-state index contributed by atoms with van der Waals surface area (Å²) in [6.07, 6.45) is 0. The smallest absolute Gasteiger partial charge is 0.243 e. The number of hydrogen-bond donors (Lipinski definition) is 2. The van der Waals surface area contributed by atoms with Crippen LogP contribution in [-0.2, 0) is 10.0 Å². The lowest BCUT2D eigenvalue weighted by atomic mass is 10.2. The van der Waals surface area contributed by atoms with Crippen LogP contribution in [0, 0.1) is 0 Å². The molecule has 0 aliphatic carbocycles. The Balaban J connectivity index is 3.28. The minimum absolute atomic E-state index is 0.0973. The molecule has 0 aromatic heterocycles. The van der Waals surface area contributed by atoms with Crippen LogP contribution in [0.4, 0.5) is 5.69 Å². The molecule has 0 heterocycles. The topological polar surface area (TPSA) is 110 Å². The van der Waals surface area contributed by atoms with E-state index in [1.165, 1.54) is 16.4 Å². The summed E-state index contributed by atoms with van der Waals surface area (Å²) in [4.78, 5) is 11.1. The van der Waals surface area contributed by atoms with Crippen LogP contribution in [-0.4, -0.2) is 50.0 Å². The second kappa shape index (κ2) is 7.39. The van der Waals surface area contributed by atoms with Gasteiger partial charge in [0, 0.05) is 30.9 Å². The molecule has 0 unspecified atom stereocenters. The number of aliphatic hydroxyl groups excluding tert-OH is 1. The largest absolute Gasteiger partial charge is 0.545 e. The molecular weight excluding hydrogens is 296 g/mol. The van der Waals surface area contributed by atoms with Crippen molar-refractivity contribution in [2.24, 2.45) is 0 Å². The van der Waals surface area contributed by atoms with Crippen LogP contribution in [0.25, 0.3) is 0 Å². The number of carbonyl (C=O) groups excluding carboxylic acids is 1. The Morgan fingerprint density at radius 1 is 1.33 bits per heavy atom. The number of nitrogens with zero attached hydrogens (tertiary/aromatic N) is 1. The van der Waals surface area contributed by atoms with Gasteiger partial charge in [0.15, 0.2) is 0 Å². The van der Waals surface area contributed by atoms with E-state index in [4.69, 9.17) is 5.11 Å². The van der Waals surface area contributed by atoms with Gasteiger partial charge in [-0.15, -0.1) is 0 Å². The van der Waals surface area contributed by atoms with Gasteiger partial charge in [-0.2, -0.15) is 4.31 Å². The number of benzene rings is 1. The third-order valence-electron chi connectivity index (χ3n) is 2.98. The molecule has 1 rings (SSSR count). The van der Waals surface area contributed by atoms with E-state index in [9.17, 15) is 18.3 Å². The van der Waals surface area contributed by atoms with Gasteiger partial charge in [0.1, 0.15) is 0 Å². The molecule has 0 bridgehead atoms. The van der Waals surface area contributed by atoms with Gasteiger partial charge >= 0.3 is 0 Å². The van der Waals surface area contributed by atoms with Crippen molar-refractivity contribution in [3.63, 3.8) is 0 Å². The van der Waals surface area contributed by atoms with E-state index in [2.05, 4.69) is 5.32 Å². The van der Waals surface area contributed by atoms with E-state index in [1.54, 1.807) is 13.8 Å². The van der Waals surface area contributed by atoms with E-state index in [0.717, 1.165) is 6.07 Å². The number of rotatable bonds is 8. The molecule has 0 saturated heterocycles. The van der Waals surface area contributed by atoms with Gasteiger partial charge < -0.3 is 20.3 Å². The average molecular weight is 315 g/mol. The molecule has 0 atom stereocenters. The molecule has 118 valence electrons. The van der Waals surface area contributed by atoms with Crippen LogP contribution in [0.3, 0.4) is 0 Å². The number of aliphatic hydroxyl groups is 1. The molecule has 1 aromatic rings. The molecule has 0 radical (unpaired) electrons. The van der Waals surface area contributed by atoms with Crippen LogP contribution < -0.4 is 10.4 Å². The van der Waals surface area contributed by atoms with Gasteiger partial charge in [0.2, 0.25) is 10.0 Å². The third kappa shape index (κ3) is 3.93. The van der Waals surface area contributed by atoms with Gasteiger partial charge in [0.05, 0.1) is 17.5 Å². The van der Waals surface area contributed by atoms with Gasteiger partial charge in [-0.05, 0) is 18.2 Å². The van der Waals surface area contributed by atoms with Gasteiger partial charge in [-0.25, -0.2) is 8.42 Å². The first kappa shape index (κ1) is 17.4. The highest BCUT2D eigenvalue weighted by Gasteiger charge is 2.22. The summed E-state index contributed by atoms with van der Waals surface area (Å²) in [5.74, 6) is -1.48. The van der Waals surface area contributed by atoms with Crippen LogP contribution in [0.15, 0.2) is 23.1 Å². The quantitative estimate of drug-likeness (QED) is 0.668. The minimum atomic E-state index is -3.73. The Hall–Kier alpha value is -1.64. The standard InChI is InChI=1S/C13H20N2O5S/c1-3-15(4-2)21(19,20)10-5-6-12(14-7-8-16)11(9-10)13(17)18/h5-6,9,14,16H,3-4,7-8H2,1-2H3,(H,17,18)/p-1. The second-order valence-corrected chi connectivity index (χ2v) is 6.17. The van der Waals surface area contributed by atoms with Crippen molar-refractivity contribution >= 4 is 21.7 Å². The second-order valence-electron chi connectivity index (χ2n) is 4.23. The molecule has 0 spiro atoms. The lowest BCUT2D eigenvalue weighted by molar-refractivity contribution is -0.254. The Bertz CT molecular complexity index is 597.